The van der Waals surface area contributed by atoms with Crippen molar-refractivity contribution in [1.29, 1.82) is 5.26 Å². The first kappa shape index (κ1) is 27.0. The molecule has 0 spiro atoms. The minimum absolute atomic E-state index is 0.0833. The van der Waals surface area contributed by atoms with Crippen molar-refractivity contribution in [1.82, 2.24) is 24.3 Å². The number of rotatable bonds is 4. The van der Waals surface area contributed by atoms with Crippen LogP contribution < -0.4 is 0 Å². The van der Waals surface area contributed by atoms with E-state index in [1.807, 2.05) is 23.9 Å². The van der Waals surface area contributed by atoms with Gasteiger partial charge in [-0.3, -0.25) is 4.79 Å². The van der Waals surface area contributed by atoms with Gasteiger partial charge < -0.3 is 19.3 Å². The second kappa shape index (κ2) is 10.8. The zero-order valence-electron chi connectivity index (χ0n) is 22.5. The summed E-state index contributed by atoms with van der Waals surface area (Å²) in [7, 11) is 1.87. The predicted octanol–water partition coefficient (Wildman–Crippen LogP) is 2.78. The van der Waals surface area contributed by atoms with Crippen LogP contribution in [0.1, 0.15) is 40.5 Å². The maximum atomic E-state index is 12.9. The lowest BCUT2D eigenvalue weighted by atomic mass is 9.87. The van der Waals surface area contributed by atoms with Crippen LogP contribution in [0.15, 0.2) is 18.6 Å². The molecule has 1 unspecified atom stereocenters. The molecule has 38 heavy (non-hydrogen) atoms. The Morgan fingerprint density at radius 1 is 1.18 bits per heavy atom. The molecule has 0 N–H and O–H groups in total. The van der Waals surface area contributed by atoms with Gasteiger partial charge in [-0.2, -0.15) is 10.2 Å². The normalized spacial score (nSPS) is 20.6. The summed E-state index contributed by atoms with van der Waals surface area (Å²) in [5.41, 5.74) is -0.181. The van der Waals surface area contributed by atoms with Gasteiger partial charge in [-0.25, -0.2) is 18.7 Å². The molecule has 12 heteroatoms. The first-order valence-electron chi connectivity index (χ1n) is 12.7. The van der Waals surface area contributed by atoms with E-state index in [0.29, 0.717) is 35.9 Å². The standard InChI is InChI=1S/C26H34N7O5/c1-17-7-10-31(21(34)6-9-27)13-18(17)12-30(5)22-20-8-11-33(23(20)29-16-28-22)25(36)37-19-14-32(15-19)24(35)38-26(2,3)4/h8,11-12,16-19H,6-7,10,13-15H2,1-5H3/q+1/b30-12-/t17-,18?/m1/s1. The van der Waals surface area contributed by atoms with Crippen molar-refractivity contribution in [3.8, 4) is 6.07 Å². The number of nitriles is 1. The highest BCUT2D eigenvalue weighted by Crippen LogP contribution is 2.26. The number of carbonyl (C=O) groups excluding carboxylic acids is 3. The van der Waals surface area contributed by atoms with Gasteiger partial charge in [0.25, 0.3) is 0 Å². The van der Waals surface area contributed by atoms with Crippen LogP contribution in [0.5, 0.6) is 0 Å². The molecule has 2 aromatic rings. The SMILES string of the molecule is C[C@@H]1CCN(C(=O)CC#N)CC1/C=[N+](/C)c1ncnc2c1ccn2C(=O)OC1CN(C(=O)OC(C)(C)C)C1. The molecule has 4 rings (SSSR count). The van der Waals surface area contributed by atoms with Gasteiger partial charge in [-0.05, 0) is 44.2 Å². The second-order valence-corrected chi connectivity index (χ2v) is 10.9. The number of nitrogens with zero attached hydrogens (tertiary/aromatic N) is 7. The number of ether oxygens (including phenoxy) is 2. The number of fused-ring (bicyclic) bond motifs is 1. The fraction of sp³-hybridized carbons (Fsp3) is 0.577. The van der Waals surface area contributed by atoms with Crippen LogP contribution in [-0.2, 0) is 14.3 Å². The van der Waals surface area contributed by atoms with E-state index in [9.17, 15) is 14.4 Å². The molecule has 12 nitrogen and oxygen atoms in total. The second-order valence-electron chi connectivity index (χ2n) is 10.9. The summed E-state index contributed by atoms with van der Waals surface area (Å²) in [5, 5.41) is 9.55. The summed E-state index contributed by atoms with van der Waals surface area (Å²) in [5.74, 6) is 0.901. The van der Waals surface area contributed by atoms with Crippen molar-refractivity contribution in [3.05, 3.63) is 18.6 Å². The molecule has 0 bridgehead atoms. The smallest absolute Gasteiger partial charge is 0.420 e. The zero-order chi connectivity index (χ0) is 27.6. The third-order valence-electron chi connectivity index (χ3n) is 6.77. The highest BCUT2D eigenvalue weighted by atomic mass is 16.6. The molecule has 0 radical (unpaired) electrons. The van der Waals surface area contributed by atoms with Crippen LogP contribution in [-0.4, -0.2) is 98.2 Å². The van der Waals surface area contributed by atoms with Crippen molar-refractivity contribution in [2.75, 3.05) is 33.2 Å². The van der Waals surface area contributed by atoms with Crippen molar-refractivity contribution in [2.45, 2.75) is 52.2 Å². The summed E-state index contributed by atoms with van der Waals surface area (Å²) in [6, 6.07) is 3.69. The highest BCUT2D eigenvalue weighted by molar-refractivity contribution is 5.91. The quantitative estimate of drug-likeness (QED) is 0.440. The van der Waals surface area contributed by atoms with Crippen molar-refractivity contribution < 1.29 is 28.4 Å². The molecule has 2 aliphatic rings. The number of carbonyl (C=O) groups is 3. The van der Waals surface area contributed by atoms with Gasteiger partial charge in [0.2, 0.25) is 12.2 Å². The van der Waals surface area contributed by atoms with Gasteiger partial charge >= 0.3 is 18.0 Å². The third-order valence-corrected chi connectivity index (χ3v) is 6.77. The molecule has 2 saturated heterocycles. The minimum Gasteiger partial charge on any atom is -0.444 e. The predicted molar refractivity (Wildman–Crippen MR) is 137 cm³/mol. The van der Waals surface area contributed by atoms with Gasteiger partial charge in [0, 0.05) is 25.2 Å². The number of likely N-dealkylation sites (tertiary alicyclic amines) is 2. The first-order chi connectivity index (χ1) is 18.0. The fourth-order valence-corrected chi connectivity index (χ4v) is 4.61. The van der Waals surface area contributed by atoms with Crippen molar-refractivity contribution in [2.24, 2.45) is 11.8 Å². The summed E-state index contributed by atoms with van der Waals surface area (Å²) in [6.07, 6.45) is 4.31. The van der Waals surface area contributed by atoms with Gasteiger partial charge in [0.15, 0.2) is 5.65 Å². The number of piperidine rings is 1. The fourth-order valence-electron chi connectivity index (χ4n) is 4.61. The zero-order valence-corrected chi connectivity index (χ0v) is 22.5. The lowest BCUT2D eigenvalue weighted by molar-refractivity contribution is -0.405. The molecule has 0 saturated carbocycles. The number of amides is 2. The topological polar surface area (TPSA) is 134 Å². The van der Waals surface area contributed by atoms with Crippen LogP contribution in [0.25, 0.3) is 11.0 Å². The van der Waals surface area contributed by atoms with E-state index in [1.54, 1.807) is 37.9 Å². The van der Waals surface area contributed by atoms with Crippen LogP contribution in [0, 0.1) is 23.2 Å². The van der Waals surface area contributed by atoms with Crippen LogP contribution in [0.3, 0.4) is 0 Å². The highest BCUT2D eigenvalue weighted by Gasteiger charge is 2.37. The lowest BCUT2D eigenvalue weighted by Crippen LogP contribution is -2.56. The van der Waals surface area contributed by atoms with E-state index in [2.05, 4.69) is 16.9 Å². The Hall–Kier alpha value is -4.01. The van der Waals surface area contributed by atoms with E-state index in [-0.39, 0.29) is 31.3 Å². The number of hydrogen-bond acceptors (Lipinski definition) is 8. The molecule has 202 valence electrons. The molecule has 2 aliphatic heterocycles. The monoisotopic (exact) mass is 524 g/mol. The Morgan fingerprint density at radius 3 is 2.61 bits per heavy atom. The van der Waals surface area contributed by atoms with Crippen LogP contribution in [0.4, 0.5) is 15.4 Å². The Bertz CT molecular complexity index is 1300. The van der Waals surface area contributed by atoms with E-state index < -0.39 is 23.9 Å². The maximum Gasteiger partial charge on any atom is 0.420 e. The molecule has 2 aromatic heterocycles. The molecule has 4 heterocycles. The summed E-state index contributed by atoms with van der Waals surface area (Å²) >= 11 is 0. The summed E-state index contributed by atoms with van der Waals surface area (Å²) in [4.78, 5) is 49.2. The number of aromatic nitrogens is 3. The molecule has 2 atom stereocenters. The number of hydrogen-bond donors (Lipinski definition) is 0. The minimum atomic E-state index is -0.589. The molecule has 0 aromatic carbocycles. The Morgan fingerprint density at radius 2 is 1.92 bits per heavy atom. The largest absolute Gasteiger partial charge is 0.444 e. The van der Waals surface area contributed by atoms with Crippen LogP contribution >= 0.6 is 0 Å². The van der Waals surface area contributed by atoms with E-state index in [0.717, 1.165) is 6.42 Å². The molecule has 0 aliphatic carbocycles. The van der Waals surface area contributed by atoms with Gasteiger partial charge in [0.05, 0.1) is 32.4 Å². The Balaban J connectivity index is 1.45. The van der Waals surface area contributed by atoms with Crippen molar-refractivity contribution >= 4 is 41.2 Å². The van der Waals surface area contributed by atoms with Crippen molar-refractivity contribution in [3.63, 3.8) is 0 Å². The summed E-state index contributed by atoms with van der Waals surface area (Å²) in [6.45, 7) is 9.27. The average Bonchev–Trinajstić information content (AvgIpc) is 3.25. The lowest BCUT2D eigenvalue weighted by Gasteiger charge is -2.38. The van der Waals surface area contributed by atoms with Crippen LogP contribution in [0.2, 0.25) is 0 Å². The molecule has 2 amide bonds. The maximum absolute atomic E-state index is 12.9. The average molecular weight is 525 g/mol. The van der Waals surface area contributed by atoms with E-state index >= 15 is 0 Å². The molecular formula is C26H34N7O5+. The van der Waals surface area contributed by atoms with Gasteiger partial charge in [0.1, 0.15) is 23.5 Å². The van der Waals surface area contributed by atoms with E-state index in [4.69, 9.17) is 14.7 Å². The molecule has 2 fully saturated rings. The molecular weight excluding hydrogens is 490 g/mol. The van der Waals surface area contributed by atoms with E-state index in [1.165, 1.54) is 15.8 Å². The Kier molecular flexibility index (Phi) is 7.66. The Labute approximate surface area is 221 Å². The summed E-state index contributed by atoms with van der Waals surface area (Å²) < 4.78 is 14.1. The van der Waals surface area contributed by atoms with Gasteiger partial charge in [-0.15, -0.1) is 0 Å². The first-order valence-corrected chi connectivity index (χ1v) is 12.7. The third kappa shape index (κ3) is 5.93. The van der Waals surface area contributed by atoms with Gasteiger partial charge in [-0.1, -0.05) is 6.92 Å².